The van der Waals surface area contributed by atoms with Gasteiger partial charge in [0.2, 0.25) is 0 Å². The van der Waals surface area contributed by atoms with Crippen LogP contribution in [0.25, 0.3) is 11.5 Å². The van der Waals surface area contributed by atoms with Crippen molar-refractivity contribution in [1.29, 1.82) is 0 Å². The maximum atomic E-state index is 5.43. The van der Waals surface area contributed by atoms with Gasteiger partial charge in [0.1, 0.15) is 12.7 Å². The zero-order valence-electron chi connectivity index (χ0n) is 13.7. The molecule has 0 radical (unpaired) electrons. The molecule has 7 nitrogen and oxygen atoms in total. The fourth-order valence-electron chi connectivity index (χ4n) is 3.17. The van der Waals surface area contributed by atoms with Gasteiger partial charge in [-0.3, -0.25) is 9.58 Å². The summed E-state index contributed by atoms with van der Waals surface area (Å²) >= 11 is 0. The smallest absolute Gasteiger partial charge is 0.257 e. The number of hydrogen-bond donors (Lipinski definition) is 0. The molecule has 124 valence electrons. The molecule has 3 heterocycles. The number of aromatic nitrogens is 5. The van der Waals surface area contributed by atoms with Crippen LogP contribution < -0.4 is 0 Å². The van der Waals surface area contributed by atoms with Crippen LogP contribution in [0.15, 0.2) is 41.4 Å². The van der Waals surface area contributed by atoms with E-state index in [4.69, 9.17) is 4.52 Å². The molecule has 1 aliphatic heterocycles. The normalized spacial score (nSPS) is 18.3. The summed E-state index contributed by atoms with van der Waals surface area (Å²) in [6.45, 7) is 4.66. The first-order valence-electron chi connectivity index (χ1n) is 8.24. The van der Waals surface area contributed by atoms with Crippen LogP contribution in [-0.2, 0) is 13.1 Å². The summed E-state index contributed by atoms with van der Waals surface area (Å²) in [5.41, 5.74) is 2.17. The lowest BCUT2D eigenvalue weighted by atomic mass is 10.1. The second-order valence-electron chi connectivity index (χ2n) is 6.27. The van der Waals surface area contributed by atoms with E-state index in [1.54, 1.807) is 12.7 Å². The third kappa shape index (κ3) is 3.21. The Kier molecular flexibility index (Phi) is 4.08. The highest BCUT2D eigenvalue weighted by molar-refractivity contribution is 5.53. The van der Waals surface area contributed by atoms with Gasteiger partial charge in [-0.1, -0.05) is 22.9 Å². The molecule has 1 fully saturated rings. The van der Waals surface area contributed by atoms with Crippen molar-refractivity contribution in [2.45, 2.75) is 38.9 Å². The summed E-state index contributed by atoms with van der Waals surface area (Å²) in [4.78, 5) is 11.0. The molecule has 0 bridgehead atoms. The van der Waals surface area contributed by atoms with Gasteiger partial charge in [-0.25, -0.2) is 4.98 Å². The highest BCUT2D eigenvalue weighted by Crippen LogP contribution is 2.22. The van der Waals surface area contributed by atoms with Crippen molar-refractivity contribution in [2.75, 3.05) is 6.54 Å². The van der Waals surface area contributed by atoms with Crippen molar-refractivity contribution in [3.05, 3.63) is 48.3 Å². The van der Waals surface area contributed by atoms with Gasteiger partial charge >= 0.3 is 0 Å². The van der Waals surface area contributed by atoms with Crippen LogP contribution in [0.3, 0.4) is 0 Å². The van der Waals surface area contributed by atoms with E-state index in [0.717, 1.165) is 30.9 Å². The first-order chi connectivity index (χ1) is 11.8. The molecule has 24 heavy (non-hydrogen) atoms. The molecule has 0 aliphatic carbocycles. The second-order valence-corrected chi connectivity index (χ2v) is 6.27. The molecule has 0 N–H and O–H groups in total. The van der Waals surface area contributed by atoms with Crippen LogP contribution in [0, 0.1) is 6.92 Å². The molecule has 3 aromatic rings. The lowest BCUT2D eigenvalue weighted by molar-refractivity contribution is 0.211. The predicted octanol–water partition coefficient (Wildman–Crippen LogP) is 2.30. The van der Waals surface area contributed by atoms with Crippen molar-refractivity contribution in [3.63, 3.8) is 0 Å². The zero-order chi connectivity index (χ0) is 16.4. The maximum Gasteiger partial charge on any atom is 0.257 e. The average molecular weight is 324 g/mol. The number of rotatable bonds is 5. The summed E-state index contributed by atoms with van der Waals surface area (Å²) in [6.07, 6.45) is 5.68. The quantitative estimate of drug-likeness (QED) is 0.717. The molecule has 1 aromatic carbocycles. The fourth-order valence-corrected chi connectivity index (χ4v) is 3.17. The molecular weight excluding hydrogens is 304 g/mol. The predicted molar refractivity (Wildman–Crippen MR) is 87.9 cm³/mol. The standard InChI is InChI=1S/C17H20N6O/c1-13-4-6-14(7-5-13)17-20-16(21-24-17)10-22-8-2-3-15(22)9-23-12-18-11-19-23/h4-7,11-12,15H,2-3,8-10H2,1H3/t15-/m0/s1. The molecule has 1 atom stereocenters. The van der Waals surface area contributed by atoms with E-state index in [2.05, 4.69) is 32.0 Å². The van der Waals surface area contributed by atoms with Crippen molar-refractivity contribution in [2.24, 2.45) is 0 Å². The number of likely N-dealkylation sites (tertiary alicyclic amines) is 1. The highest BCUT2D eigenvalue weighted by Gasteiger charge is 2.26. The van der Waals surface area contributed by atoms with Crippen LogP contribution in [0.1, 0.15) is 24.2 Å². The van der Waals surface area contributed by atoms with Crippen molar-refractivity contribution in [1.82, 2.24) is 29.8 Å². The summed E-state index contributed by atoms with van der Waals surface area (Å²) in [5.74, 6) is 1.31. The van der Waals surface area contributed by atoms with Gasteiger partial charge in [0, 0.05) is 11.6 Å². The Hall–Kier alpha value is -2.54. The molecule has 2 aromatic heterocycles. The summed E-state index contributed by atoms with van der Waals surface area (Å²) in [5, 5.41) is 8.35. The summed E-state index contributed by atoms with van der Waals surface area (Å²) in [6, 6.07) is 8.56. The van der Waals surface area contributed by atoms with Gasteiger partial charge in [-0.15, -0.1) is 0 Å². The van der Waals surface area contributed by atoms with E-state index in [1.807, 2.05) is 28.9 Å². The minimum atomic E-state index is 0.438. The number of hydrogen-bond acceptors (Lipinski definition) is 6. The molecule has 0 unspecified atom stereocenters. The highest BCUT2D eigenvalue weighted by atomic mass is 16.5. The van der Waals surface area contributed by atoms with Crippen molar-refractivity contribution in [3.8, 4) is 11.5 Å². The molecular formula is C17H20N6O. The Labute approximate surface area is 140 Å². The van der Waals surface area contributed by atoms with Crippen molar-refractivity contribution < 1.29 is 4.52 Å². The van der Waals surface area contributed by atoms with Gasteiger partial charge in [0.25, 0.3) is 5.89 Å². The van der Waals surface area contributed by atoms with E-state index in [-0.39, 0.29) is 0 Å². The Morgan fingerprint density at radius 1 is 1.25 bits per heavy atom. The summed E-state index contributed by atoms with van der Waals surface area (Å²) < 4.78 is 7.31. The molecule has 1 aliphatic rings. The van der Waals surface area contributed by atoms with E-state index < -0.39 is 0 Å². The molecule has 0 spiro atoms. The number of nitrogens with zero attached hydrogens (tertiary/aromatic N) is 6. The maximum absolute atomic E-state index is 5.43. The first kappa shape index (κ1) is 15.0. The van der Waals surface area contributed by atoms with E-state index in [1.165, 1.54) is 12.0 Å². The minimum Gasteiger partial charge on any atom is -0.334 e. The molecule has 1 saturated heterocycles. The Morgan fingerprint density at radius 3 is 2.92 bits per heavy atom. The van der Waals surface area contributed by atoms with E-state index in [0.29, 0.717) is 18.5 Å². The van der Waals surface area contributed by atoms with Gasteiger partial charge in [-0.2, -0.15) is 10.1 Å². The van der Waals surface area contributed by atoms with Crippen LogP contribution >= 0.6 is 0 Å². The fraction of sp³-hybridized carbons (Fsp3) is 0.412. The lowest BCUT2D eigenvalue weighted by Gasteiger charge is -2.22. The molecule has 7 heteroatoms. The Morgan fingerprint density at radius 2 is 2.12 bits per heavy atom. The van der Waals surface area contributed by atoms with Crippen LogP contribution in [-0.4, -0.2) is 42.4 Å². The third-order valence-electron chi connectivity index (χ3n) is 4.47. The van der Waals surface area contributed by atoms with E-state index in [9.17, 15) is 0 Å². The average Bonchev–Trinajstić information content (AvgIpc) is 3.32. The molecule has 4 rings (SSSR count). The number of benzene rings is 1. The topological polar surface area (TPSA) is 72.9 Å². The molecule has 0 amide bonds. The van der Waals surface area contributed by atoms with Crippen LogP contribution in [0.4, 0.5) is 0 Å². The molecule has 0 saturated carbocycles. The number of aryl methyl sites for hydroxylation is 1. The van der Waals surface area contributed by atoms with Gasteiger partial charge in [-0.05, 0) is 38.4 Å². The SMILES string of the molecule is Cc1ccc(-c2nc(CN3CCC[C@H]3Cn3cncn3)no2)cc1. The van der Waals surface area contributed by atoms with Crippen LogP contribution in [0.5, 0.6) is 0 Å². The monoisotopic (exact) mass is 324 g/mol. The van der Waals surface area contributed by atoms with Crippen LogP contribution in [0.2, 0.25) is 0 Å². The van der Waals surface area contributed by atoms with Gasteiger partial charge in [0.15, 0.2) is 5.82 Å². The first-order valence-corrected chi connectivity index (χ1v) is 8.24. The Bertz CT molecular complexity index is 780. The largest absolute Gasteiger partial charge is 0.334 e. The van der Waals surface area contributed by atoms with Gasteiger partial charge in [0.05, 0.1) is 13.1 Å². The van der Waals surface area contributed by atoms with E-state index >= 15 is 0 Å². The second kappa shape index (κ2) is 6.52. The van der Waals surface area contributed by atoms with Gasteiger partial charge < -0.3 is 4.52 Å². The summed E-state index contributed by atoms with van der Waals surface area (Å²) in [7, 11) is 0. The van der Waals surface area contributed by atoms with Crippen molar-refractivity contribution >= 4 is 0 Å². The zero-order valence-corrected chi connectivity index (χ0v) is 13.7. The minimum absolute atomic E-state index is 0.438. The lowest BCUT2D eigenvalue weighted by Crippen LogP contribution is -2.33. The Balaban J connectivity index is 1.44. The third-order valence-corrected chi connectivity index (χ3v) is 4.47.